The Morgan fingerprint density at radius 2 is 2.00 bits per heavy atom. The van der Waals surface area contributed by atoms with Crippen LogP contribution in [-0.4, -0.2) is 87.5 Å². The molecule has 192 valence electrons. The number of nitrogens with one attached hydrogen (secondary N) is 1. The zero-order valence-electron chi connectivity index (χ0n) is 18.9. The minimum atomic E-state index is -1.65. The van der Waals surface area contributed by atoms with Gasteiger partial charge in [-0.15, -0.1) is 0 Å². The molecule has 15 heteroatoms. The van der Waals surface area contributed by atoms with E-state index in [4.69, 9.17) is 34.2 Å². The van der Waals surface area contributed by atoms with Gasteiger partial charge in [0.2, 0.25) is 18.0 Å². The second-order valence-electron chi connectivity index (χ2n) is 8.55. The number of aromatic nitrogens is 2. The molecule has 15 nitrogen and oxygen atoms in total. The van der Waals surface area contributed by atoms with Gasteiger partial charge in [-0.1, -0.05) is 0 Å². The second kappa shape index (κ2) is 9.18. The molecule has 0 aliphatic carbocycles. The lowest BCUT2D eigenvalue weighted by Gasteiger charge is -2.34. The summed E-state index contributed by atoms with van der Waals surface area (Å²) in [5.41, 5.74) is 4.02. The summed E-state index contributed by atoms with van der Waals surface area (Å²) in [7, 11) is 1.23. The molecule has 0 bridgehead atoms. The Kier molecular flexibility index (Phi) is 6.56. The van der Waals surface area contributed by atoms with Crippen molar-refractivity contribution in [2.24, 2.45) is 5.73 Å². The van der Waals surface area contributed by atoms with Gasteiger partial charge in [-0.2, -0.15) is 0 Å². The third-order valence-electron chi connectivity index (χ3n) is 5.71. The molecule has 1 amide bonds. The highest BCUT2D eigenvalue weighted by Crippen LogP contribution is 2.38. The highest BCUT2D eigenvalue weighted by Gasteiger charge is 2.55. The van der Waals surface area contributed by atoms with Crippen LogP contribution in [0.25, 0.3) is 0 Å². The number of carbonyl (C=O) groups is 2. The molecule has 1 aromatic heterocycles. The van der Waals surface area contributed by atoms with E-state index in [9.17, 15) is 29.4 Å². The van der Waals surface area contributed by atoms with Gasteiger partial charge in [0.1, 0.15) is 24.4 Å². The van der Waals surface area contributed by atoms with Crippen molar-refractivity contribution in [2.75, 3.05) is 7.11 Å². The standard InChI is InChI=1S/C20H25N3O12/c1-20(2)34-7-6-8(17(27)28)31-18(11(7)35-20)33-14(15(21)26)13-12(30-3)10(25)16(32-13)23-5-4-9(24)22-19(23)29/h4-7,10-14,16,18,25H,1-3H3,(H2,21,26)(H,27,28)(H,22,24,29). The lowest BCUT2D eigenvalue weighted by Crippen LogP contribution is -2.53. The first-order valence-electron chi connectivity index (χ1n) is 10.5. The van der Waals surface area contributed by atoms with E-state index >= 15 is 0 Å². The monoisotopic (exact) mass is 499 g/mol. The molecule has 0 aromatic carbocycles. The number of aliphatic hydroxyl groups is 1. The minimum absolute atomic E-state index is 0.492. The smallest absolute Gasteiger partial charge is 0.371 e. The minimum Gasteiger partial charge on any atom is -0.475 e. The van der Waals surface area contributed by atoms with Gasteiger partial charge >= 0.3 is 11.7 Å². The van der Waals surface area contributed by atoms with Gasteiger partial charge in [0.05, 0.1) is 0 Å². The highest BCUT2D eigenvalue weighted by molar-refractivity contribution is 5.84. The molecule has 4 heterocycles. The maximum absolute atomic E-state index is 12.4. The molecule has 3 aliphatic heterocycles. The number of nitrogens with zero attached hydrogens (tertiary/aromatic N) is 1. The number of hydrogen-bond donors (Lipinski definition) is 4. The van der Waals surface area contributed by atoms with Crippen LogP contribution in [-0.2, 0) is 38.0 Å². The molecule has 5 N–H and O–H groups in total. The third-order valence-corrected chi connectivity index (χ3v) is 5.71. The Labute approximate surface area is 196 Å². The number of nitrogens with two attached hydrogens (primary N) is 1. The zero-order chi connectivity index (χ0) is 25.7. The van der Waals surface area contributed by atoms with E-state index in [0.29, 0.717) is 0 Å². The van der Waals surface area contributed by atoms with Gasteiger partial charge in [0, 0.05) is 19.4 Å². The van der Waals surface area contributed by atoms with Gasteiger partial charge in [-0.25, -0.2) is 9.59 Å². The second-order valence-corrected chi connectivity index (χ2v) is 8.55. The number of H-pyrrole nitrogens is 1. The van der Waals surface area contributed by atoms with Gasteiger partial charge in [0.25, 0.3) is 5.56 Å². The first kappa shape index (κ1) is 25.0. The van der Waals surface area contributed by atoms with Gasteiger partial charge in [-0.3, -0.25) is 19.1 Å². The number of amides is 1. The Morgan fingerprint density at radius 1 is 1.29 bits per heavy atom. The maximum atomic E-state index is 12.4. The molecule has 35 heavy (non-hydrogen) atoms. The number of carbonyl (C=O) groups excluding carboxylic acids is 1. The van der Waals surface area contributed by atoms with Crippen molar-refractivity contribution in [1.82, 2.24) is 9.55 Å². The fraction of sp³-hybridized carbons (Fsp3) is 0.600. The third kappa shape index (κ3) is 4.73. The number of rotatable bonds is 7. The highest BCUT2D eigenvalue weighted by atomic mass is 16.8. The van der Waals surface area contributed by atoms with Crippen molar-refractivity contribution < 1.29 is 48.2 Å². The van der Waals surface area contributed by atoms with E-state index in [-0.39, 0.29) is 0 Å². The van der Waals surface area contributed by atoms with E-state index in [0.717, 1.165) is 16.8 Å². The molecule has 2 fully saturated rings. The number of carboxylic acids is 1. The molecular weight excluding hydrogens is 474 g/mol. The molecule has 4 rings (SSSR count). The van der Waals surface area contributed by atoms with E-state index < -0.39 is 83.8 Å². The number of hydrogen-bond acceptors (Lipinski definition) is 11. The van der Waals surface area contributed by atoms with E-state index in [1.807, 2.05) is 4.98 Å². The summed E-state index contributed by atoms with van der Waals surface area (Å²) in [4.78, 5) is 49.6. The Balaban J connectivity index is 1.63. The van der Waals surface area contributed by atoms with Crippen LogP contribution in [0.15, 0.2) is 33.7 Å². The van der Waals surface area contributed by atoms with Crippen molar-refractivity contribution in [3.63, 3.8) is 0 Å². The van der Waals surface area contributed by atoms with Crippen molar-refractivity contribution in [3.8, 4) is 0 Å². The Hall–Kier alpha value is -3.08. The topological polar surface area (TPSA) is 211 Å². The number of methoxy groups -OCH3 is 1. The van der Waals surface area contributed by atoms with Crippen LogP contribution in [0.3, 0.4) is 0 Å². The zero-order valence-corrected chi connectivity index (χ0v) is 18.9. The van der Waals surface area contributed by atoms with Crippen molar-refractivity contribution in [2.45, 2.75) is 68.8 Å². The number of primary amides is 1. The van der Waals surface area contributed by atoms with Crippen LogP contribution in [0.2, 0.25) is 0 Å². The number of aliphatic hydroxyl groups excluding tert-OH is 1. The predicted molar refractivity (Wildman–Crippen MR) is 111 cm³/mol. The van der Waals surface area contributed by atoms with E-state index in [2.05, 4.69) is 0 Å². The van der Waals surface area contributed by atoms with E-state index in [1.54, 1.807) is 13.8 Å². The fourth-order valence-electron chi connectivity index (χ4n) is 4.27. The summed E-state index contributed by atoms with van der Waals surface area (Å²) in [6.07, 6.45) is -8.09. The Bertz CT molecular complexity index is 1140. The quantitative estimate of drug-likeness (QED) is 0.307. The Morgan fingerprint density at radius 3 is 2.60 bits per heavy atom. The first-order valence-corrected chi connectivity index (χ1v) is 10.5. The van der Waals surface area contributed by atoms with Gasteiger partial charge in [-0.05, 0) is 19.9 Å². The number of aromatic amines is 1. The average Bonchev–Trinajstić information content (AvgIpc) is 3.26. The summed E-state index contributed by atoms with van der Waals surface area (Å²) < 4.78 is 34.6. The molecule has 1 aromatic rings. The van der Waals surface area contributed by atoms with Crippen LogP contribution >= 0.6 is 0 Å². The molecule has 0 spiro atoms. The SMILES string of the molecule is COC1C(O)C(n2ccc(=O)[nH]c2=O)OC1C(OC1OC(C(=O)O)=CC2OC(C)(C)OC21)C(N)=O. The molecule has 0 radical (unpaired) electrons. The average molecular weight is 499 g/mol. The van der Waals surface area contributed by atoms with E-state index in [1.165, 1.54) is 13.2 Å². The van der Waals surface area contributed by atoms with Crippen LogP contribution in [0.4, 0.5) is 0 Å². The summed E-state index contributed by atoms with van der Waals surface area (Å²) in [5, 5.41) is 20.2. The van der Waals surface area contributed by atoms with Crippen molar-refractivity contribution in [3.05, 3.63) is 44.9 Å². The number of ether oxygens (including phenoxy) is 6. The van der Waals surface area contributed by atoms with Crippen molar-refractivity contribution in [1.29, 1.82) is 0 Å². The summed E-state index contributed by atoms with van der Waals surface area (Å²) in [6, 6.07) is 1.05. The van der Waals surface area contributed by atoms with Crippen molar-refractivity contribution >= 4 is 11.9 Å². The summed E-state index contributed by atoms with van der Waals surface area (Å²) >= 11 is 0. The molecular formula is C20H25N3O12. The molecule has 8 unspecified atom stereocenters. The maximum Gasteiger partial charge on any atom is 0.371 e. The van der Waals surface area contributed by atoms with Crippen LogP contribution in [0.5, 0.6) is 0 Å². The molecule has 0 saturated carbocycles. The molecule has 8 atom stereocenters. The lowest BCUT2D eigenvalue weighted by atomic mass is 10.0. The predicted octanol–water partition coefficient (Wildman–Crippen LogP) is -2.47. The number of carboxylic acid groups (broad SMARTS) is 1. The summed E-state index contributed by atoms with van der Waals surface area (Å²) in [5.74, 6) is -4.06. The van der Waals surface area contributed by atoms with Crippen LogP contribution < -0.4 is 17.0 Å². The molecule has 3 aliphatic rings. The van der Waals surface area contributed by atoms with Gasteiger partial charge in [0.15, 0.2) is 24.2 Å². The first-order chi connectivity index (χ1) is 16.4. The van der Waals surface area contributed by atoms with Crippen LogP contribution in [0, 0.1) is 0 Å². The largest absolute Gasteiger partial charge is 0.475 e. The lowest BCUT2D eigenvalue weighted by molar-refractivity contribution is -0.242. The summed E-state index contributed by atoms with van der Waals surface area (Å²) in [6.45, 7) is 3.21. The fourth-order valence-corrected chi connectivity index (χ4v) is 4.27. The number of fused-ring (bicyclic) bond motifs is 1. The van der Waals surface area contributed by atoms with Crippen LogP contribution in [0.1, 0.15) is 20.1 Å². The van der Waals surface area contributed by atoms with Gasteiger partial charge < -0.3 is 44.4 Å². The normalized spacial score (nSPS) is 34.5. The number of aliphatic carboxylic acids is 1. The molecule has 2 saturated heterocycles.